The van der Waals surface area contributed by atoms with Crippen molar-refractivity contribution in [2.45, 2.75) is 52.1 Å². The van der Waals surface area contributed by atoms with Crippen molar-refractivity contribution in [2.24, 2.45) is 0 Å². The highest BCUT2D eigenvalue weighted by Gasteiger charge is 2.14. The summed E-state index contributed by atoms with van der Waals surface area (Å²) in [5.41, 5.74) is 0. The number of aliphatic hydroxyl groups excluding tert-OH is 1. The van der Waals surface area contributed by atoms with E-state index in [0.717, 1.165) is 0 Å². The molecule has 0 spiro atoms. The molecule has 5 nitrogen and oxygen atoms in total. The Bertz CT molecular complexity index is 254. The predicted octanol–water partition coefficient (Wildman–Crippen LogP) is 0.520. The van der Waals surface area contributed by atoms with Crippen LogP contribution < -0.4 is 5.32 Å². The predicted molar refractivity (Wildman–Crippen MR) is 66.4 cm³/mol. The summed E-state index contributed by atoms with van der Waals surface area (Å²) in [6.07, 6.45) is 1.25. The van der Waals surface area contributed by atoms with Gasteiger partial charge >= 0.3 is 0 Å². The Balaban J connectivity index is 3.82. The maximum Gasteiger partial charge on any atom is 0.222 e. The molecular formula is C12H24N2O3. The van der Waals surface area contributed by atoms with E-state index in [1.807, 2.05) is 13.8 Å². The van der Waals surface area contributed by atoms with Crippen LogP contribution in [0.4, 0.5) is 0 Å². The average Bonchev–Trinajstić information content (AvgIpc) is 2.25. The van der Waals surface area contributed by atoms with Gasteiger partial charge in [-0.3, -0.25) is 9.59 Å². The van der Waals surface area contributed by atoms with Crippen LogP contribution in [0.5, 0.6) is 0 Å². The van der Waals surface area contributed by atoms with Gasteiger partial charge in [0.25, 0.3) is 0 Å². The largest absolute Gasteiger partial charge is 0.394 e. The van der Waals surface area contributed by atoms with Crippen molar-refractivity contribution in [3.8, 4) is 0 Å². The second-order valence-electron chi connectivity index (χ2n) is 4.61. The zero-order valence-corrected chi connectivity index (χ0v) is 11.2. The van der Waals surface area contributed by atoms with Crippen molar-refractivity contribution in [3.05, 3.63) is 0 Å². The summed E-state index contributed by atoms with van der Waals surface area (Å²) < 4.78 is 0. The van der Waals surface area contributed by atoms with E-state index in [4.69, 9.17) is 5.11 Å². The summed E-state index contributed by atoms with van der Waals surface area (Å²) in [6, 6.07) is -0.0396. The summed E-state index contributed by atoms with van der Waals surface area (Å²) in [5, 5.41) is 11.7. The Morgan fingerprint density at radius 2 is 1.82 bits per heavy atom. The van der Waals surface area contributed by atoms with Crippen LogP contribution in [0.25, 0.3) is 0 Å². The molecule has 0 aliphatic heterocycles. The van der Waals surface area contributed by atoms with Gasteiger partial charge in [-0.2, -0.15) is 0 Å². The molecule has 1 atom stereocenters. The van der Waals surface area contributed by atoms with Gasteiger partial charge in [0.1, 0.15) is 0 Å². The monoisotopic (exact) mass is 244 g/mol. The Kier molecular flexibility index (Phi) is 7.54. The minimum Gasteiger partial charge on any atom is -0.394 e. The molecule has 2 N–H and O–H groups in total. The van der Waals surface area contributed by atoms with Crippen molar-refractivity contribution in [1.29, 1.82) is 0 Å². The fourth-order valence-corrected chi connectivity index (χ4v) is 1.34. The van der Waals surface area contributed by atoms with Gasteiger partial charge in [0, 0.05) is 25.9 Å². The lowest BCUT2D eigenvalue weighted by molar-refractivity contribution is -0.132. The molecule has 0 rings (SSSR count). The highest BCUT2D eigenvalue weighted by atomic mass is 16.3. The van der Waals surface area contributed by atoms with E-state index >= 15 is 0 Å². The van der Waals surface area contributed by atoms with Gasteiger partial charge in [-0.05, 0) is 27.2 Å². The number of carbonyl (C=O) groups is 2. The van der Waals surface area contributed by atoms with Gasteiger partial charge in [-0.15, -0.1) is 0 Å². The Hall–Kier alpha value is -1.10. The van der Waals surface area contributed by atoms with E-state index in [1.165, 1.54) is 4.90 Å². The van der Waals surface area contributed by atoms with Gasteiger partial charge in [-0.25, -0.2) is 0 Å². The number of aliphatic hydroxyl groups is 1. The minimum atomic E-state index is -0.174. The van der Waals surface area contributed by atoms with Crippen LogP contribution in [-0.2, 0) is 9.59 Å². The number of hydrogen-bond acceptors (Lipinski definition) is 3. The van der Waals surface area contributed by atoms with Crippen LogP contribution in [0.2, 0.25) is 0 Å². The topological polar surface area (TPSA) is 69.6 Å². The molecule has 0 fully saturated rings. The van der Waals surface area contributed by atoms with E-state index in [0.29, 0.717) is 19.3 Å². The number of nitrogens with zero attached hydrogens (tertiary/aromatic N) is 1. The third-order valence-electron chi connectivity index (χ3n) is 2.56. The Morgan fingerprint density at radius 1 is 1.24 bits per heavy atom. The maximum atomic E-state index is 11.6. The first-order valence-corrected chi connectivity index (χ1v) is 6.04. The normalized spacial score (nSPS) is 12.4. The average molecular weight is 244 g/mol. The molecule has 17 heavy (non-hydrogen) atoms. The fraction of sp³-hybridized carbons (Fsp3) is 0.833. The van der Waals surface area contributed by atoms with Crippen molar-refractivity contribution in [2.75, 3.05) is 13.7 Å². The summed E-state index contributed by atoms with van der Waals surface area (Å²) >= 11 is 0. The van der Waals surface area contributed by atoms with Crippen molar-refractivity contribution in [3.63, 3.8) is 0 Å². The van der Waals surface area contributed by atoms with Gasteiger partial charge in [0.05, 0.1) is 12.6 Å². The molecule has 0 radical (unpaired) electrons. The first-order valence-electron chi connectivity index (χ1n) is 6.04. The maximum absolute atomic E-state index is 11.6. The minimum absolute atomic E-state index is 0.0225. The molecule has 0 aliphatic rings. The number of likely N-dealkylation sites (N-methyl/N-ethyl adjacent to an activating group) is 1. The van der Waals surface area contributed by atoms with Gasteiger partial charge in [0.2, 0.25) is 11.8 Å². The number of rotatable bonds is 7. The molecule has 0 saturated heterocycles. The van der Waals surface area contributed by atoms with E-state index in [-0.39, 0.29) is 30.5 Å². The number of amides is 2. The van der Waals surface area contributed by atoms with Gasteiger partial charge in [0.15, 0.2) is 0 Å². The third-order valence-corrected chi connectivity index (χ3v) is 2.56. The molecule has 0 heterocycles. The van der Waals surface area contributed by atoms with Crippen LogP contribution in [0.15, 0.2) is 0 Å². The number of nitrogens with one attached hydrogen (secondary N) is 1. The first kappa shape index (κ1) is 15.9. The number of hydrogen-bond donors (Lipinski definition) is 2. The smallest absolute Gasteiger partial charge is 0.222 e. The van der Waals surface area contributed by atoms with Crippen molar-refractivity contribution < 1.29 is 14.7 Å². The molecular weight excluding hydrogens is 220 g/mol. The zero-order valence-electron chi connectivity index (χ0n) is 11.2. The highest BCUT2D eigenvalue weighted by molar-refractivity contribution is 5.79. The Labute approximate surface area is 103 Å². The first-order chi connectivity index (χ1) is 7.88. The van der Waals surface area contributed by atoms with E-state index in [1.54, 1.807) is 14.0 Å². The van der Waals surface area contributed by atoms with Crippen LogP contribution in [0, 0.1) is 0 Å². The molecule has 2 amide bonds. The van der Waals surface area contributed by atoms with Crippen LogP contribution in [0.1, 0.15) is 40.0 Å². The molecule has 1 unspecified atom stereocenters. The molecule has 0 aromatic heterocycles. The summed E-state index contributed by atoms with van der Waals surface area (Å²) in [4.78, 5) is 24.5. The van der Waals surface area contributed by atoms with Crippen molar-refractivity contribution in [1.82, 2.24) is 10.2 Å². The second-order valence-corrected chi connectivity index (χ2v) is 4.61. The number of carbonyl (C=O) groups excluding carboxylic acids is 2. The van der Waals surface area contributed by atoms with Crippen LogP contribution in [0.3, 0.4) is 0 Å². The van der Waals surface area contributed by atoms with Gasteiger partial charge in [-0.1, -0.05) is 0 Å². The van der Waals surface area contributed by atoms with Crippen molar-refractivity contribution >= 4 is 11.8 Å². The lowest BCUT2D eigenvalue weighted by Gasteiger charge is -2.23. The Morgan fingerprint density at radius 3 is 2.29 bits per heavy atom. The molecule has 0 aromatic carbocycles. The van der Waals surface area contributed by atoms with E-state index in [2.05, 4.69) is 5.32 Å². The quantitative estimate of drug-likeness (QED) is 0.686. The zero-order chi connectivity index (χ0) is 13.4. The molecule has 5 heteroatoms. The third kappa shape index (κ3) is 6.94. The van der Waals surface area contributed by atoms with Crippen LogP contribution in [-0.4, -0.2) is 47.6 Å². The second kappa shape index (κ2) is 8.06. The standard InChI is InChI=1S/C12H24N2O3/c1-9(2)13-11(16)6-5-7-12(17)14(4)10(3)8-15/h9-10,15H,5-8H2,1-4H3,(H,13,16). The highest BCUT2D eigenvalue weighted by Crippen LogP contribution is 2.03. The summed E-state index contributed by atoms with van der Waals surface area (Å²) in [5.74, 6) is -0.0606. The molecule has 0 aliphatic carbocycles. The van der Waals surface area contributed by atoms with Crippen LogP contribution >= 0.6 is 0 Å². The molecule has 0 aromatic rings. The lowest BCUT2D eigenvalue weighted by atomic mass is 10.2. The summed E-state index contributed by atoms with van der Waals surface area (Å²) in [6.45, 7) is 5.54. The van der Waals surface area contributed by atoms with E-state index in [9.17, 15) is 9.59 Å². The molecule has 0 saturated carbocycles. The lowest BCUT2D eigenvalue weighted by Crippen LogP contribution is -2.37. The SMILES string of the molecule is CC(C)NC(=O)CCCC(=O)N(C)C(C)CO. The van der Waals surface area contributed by atoms with Gasteiger partial charge < -0.3 is 15.3 Å². The molecule has 100 valence electrons. The molecule has 0 bridgehead atoms. The summed E-state index contributed by atoms with van der Waals surface area (Å²) in [7, 11) is 1.66. The van der Waals surface area contributed by atoms with E-state index < -0.39 is 0 Å². The fourth-order valence-electron chi connectivity index (χ4n) is 1.34.